The molecule has 1 aliphatic rings. The summed E-state index contributed by atoms with van der Waals surface area (Å²) in [5.41, 5.74) is 2.44. The molecule has 3 aromatic rings. The van der Waals surface area contributed by atoms with E-state index in [0.29, 0.717) is 16.0 Å². The van der Waals surface area contributed by atoms with Crippen molar-refractivity contribution >= 4 is 39.1 Å². The summed E-state index contributed by atoms with van der Waals surface area (Å²) in [5.74, 6) is -1.15. The number of nitriles is 1. The summed E-state index contributed by atoms with van der Waals surface area (Å²) < 4.78 is 5.09. The molecular weight excluding hydrogens is 364 g/mol. The molecule has 1 aromatic carbocycles. The third kappa shape index (κ3) is 3.29. The van der Waals surface area contributed by atoms with Gasteiger partial charge in [0.25, 0.3) is 5.91 Å². The number of thiophene rings is 1. The van der Waals surface area contributed by atoms with Crippen LogP contribution in [0.25, 0.3) is 10.9 Å². The summed E-state index contributed by atoms with van der Waals surface area (Å²) >= 11 is 1.44. The summed E-state index contributed by atoms with van der Waals surface area (Å²) in [6, 6.07) is 9.37. The van der Waals surface area contributed by atoms with Crippen molar-refractivity contribution in [3.05, 3.63) is 46.0 Å². The molecule has 0 spiro atoms. The van der Waals surface area contributed by atoms with Crippen LogP contribution in [-0.2, 0) is 22.4 Å². The highest BCUT2D eigenvalue weighted by atomic mass is 32.1. The topological polar surface area (TPSA) is 108 Å². The Morgan fingerprint density at radius 2 is 2.11 bits per heavy atom. The lowest BCUT2D eigenvalue weighted by Crippen LogP contribution is -2.21. The fourth-order valence-corrected chi connectivity index (χ4v) is 4.51. The Kier molecular flexibility index (Phi) is 4.60. The van der Waals surface area contributed by atoms with Crippen molar-refractivity contribution < 1.29 is 14.3 Å². The largest absolute Gasteiger partial charge is 0.451 e. The maximum atomic E-state index is 12.2. The van der Waals surface area contributed by atoms with E-state index in [1.807, 2.05) is 6.07 Å². The van der Waals surface area contributed by atoms with Gasteiger partial charge in [-0.3, -0.25) is 9.89 Å². The van der Waals surface area contributed by atoms with Gasteiger partial charge in [-0.15, -0.1) is 11.3 Å². The monoisotopic (exact) mass is 380 g/mol. The van der Waals surface area contributed by atoms with E-state index in [1.165, 1.54) is 11.3 Å². The molecule has 1 amide bonds. The highest BCUT2D eigenvalue weighted by Crippen LogP contribution is 2.37. The van der Waals surface area contributed by atoms with E-state index in [1.54, 1.807) is 18.2 Å². The van der Waals surface area contributed by atoms with E-state index in [9.17, 15) is 14.9 Å². The minimum Gasteiger partial charge on any atom is -0.451 e. The van der Waals surface area contributed by atoms with Crippen molar-refractivity contribution in [1.82, 2.24) is 10.2 Å². The number of nitrogens with zero attached hydrogens (tertiary/aromatic N) is 2. The standard InChI is InChI=1S/C19H16N4O3S/c20-9-13-11-5-2-4-8-15(11)27-18(13)21-16(24)10-26-19(25)17-12-6-1-3-7-14(12)22-23-17/h1,3,6-7H,2,4-5,8,10H2,(H,21,24)(H,22,23). The number of fused-ring (bicyclic) bond motifs is 2. The number of H-pyrrole nitrogens is 1. The van der Waals surface area contributed by atoms with E-state index in [-0.39, 0.29) is 5.69 Å². The molecule has 0 atom stereocenters. The summed E-state index contributed by atoms with van der Waals surface area (Å²) in [6.07, 6.45) is 3.96. The first kappa shape index (κ1) is 17.2. The Hall–Kier alpha value is -3.18. The number of hydrogen-bond donors (Lipinski definition) is 2. The number of rotatable bonds is 4. The lowest BCUT2D eigenvalue weighted by molar-refractivity contribution is -0.119. The van der Waals surface area contributed by atoms with Crippen molar-refractivity contribution in [2.24, 2.45) is 0 Å². The highest BCUT2D eigenvalue weighted by molar-refractivity contribution is 7.16. The SMILES string of the molecule is N#Cc1c(NC(=O)COC(=O)c2n[nH]c3ccccc23)sc2c1CCCC2. The molecule has 0 saturated heterocycles. The Morgan fingerprint density at radius 3 is 2.96 bits per heavy atom. The minimum absolute atomic E-state index is 0.141. The van der Waals surface area contributed by atoms with Crippen molar-refractivity contribution in [2.45, 2.75) is 25.7 Å². The molecule has 136 valence electrons. The average molecular weight is 380 g/mol. The molecule has 0 radical (unpaired) electrons. The molecule has 1 aliphatic carbocycles. The number of amides is 1. The van der Waals surface area contributed by atoms with Gasteiger partial charge in [-0.05, 0) is 37.3 Å². The van der Waals surface area contributed by atoms with Gasteiger partial charge in [-0.25, -0.2) is 4.79 Å². The second-order valence-electron chi connectivity index (χ2n) is 6.27. The predicted molar refractivity (Wildman–Crippen MR) is 101 cm³/mol. The lowest BCUT2D eigenvalue weighted by atomic mass is 9.96. The molecule has 0 aliphatic heterocycles. The molecular formula is C19H16N4O3S. The molecule has 2 N–H and O–H groups in total. The van der Waals surface area contributed by atoms with E-state index < -0.39 is 18.5 Å². The van der Waals surface area contributed by atoms with Crippen LogP contribution in [0.4, 0.5) is 5.00 Å². The van der Waals surface area contributed by atoms with Crippen molar-refractivity contribution in [3.8, 4) is 6.07 Å². The van der Waals surface area contributed by atoms with Crippen molar-refractivity contribution in [2.75, 3.05) is 11.9 Å². The third-order valence-electron chi connectivity index (χ3n) is 4.53. The summed E-state index contributed by atoms with van der Waals surface area (Å²) in [7, 11) is 0. The molecule has 2 heterocycles. The number of hydrogen-bond acceptors (Lipinski definition) is 6. The number of aromatic amines is 1. The quantitative estimate of drug-likeness (QED) is 0.676. The first-order valence-electron chi connectivity index (χ1n) is 8.62. The Bertz CT molecular complexity index is 1080. The summed E-state index contributed by atoms with van der Waals surface area (Å²) in [6.45, 7) is -0.437. The first-order chi connectivity index (χ1) is 13.2. The zero-order valence-corrected chi connectivity index (χ0v) is 15.2. The summed E-state index contributed by atoms with van der Waals surface area (Å²) in [4.78, 5) is 25.6. The fourth-order valence-electron chi connectivity index (χ4n) is 3.25. The molecule has 0 bridgehead atoms. The molecule has 7 nitrogen and oxygen atoms in total. The lowest BCUT2D eigenvalue weighted by Gasteiger charge is -2.09. The predicted octanol–water partition coefficient (Wildman–Crippen LogP) is 3.17. The number of nitrogens with one attached hydrogen (secondary N) is 2. The molecule has 0 unspecified atom stereocenters. The number of benzene rings is 1. The molecule has 2 aromatic heterocycles. The number of esters is 1. The molecule has 27 heavy (non-hydrogen) atoms. The number of carbonyl (C=O) groups is 2. The number of carbonyl (C=O) groups excluding carboxylic acids is 2. The van der Waals surface area contributed by atoms with Crippen LogP contribution >= 0.6 is 11.3 Å². The Balaban J connectivity index is 1.42. The summed E-state index contributed by atoms with van der Waals surface area (Å²) in [5, 5.41) is 20.0. The zero-order chi connectivity index (χ0) is 18.8. The van der Waals surface area contributed by atoms with Gasteiger partial charge in [0.05, 0.1) is 11.1 Å². The number of ether oxygens (including phenoxy) is 1. The van der Waals surface area contributed by atoms with Crippen LogP contribution in [-0.4, -0.2) is 28.7 Å². The van der Waals surface area contributed by atoms with E-state index in [0.717, 1.165) is 41.6 Å². The number of aromatic nitrogens is 2. The van der Waals surface area contributed by atoms with E-state index >= 15 is 0 Å². The van der Waals surface area contributed by atoms with Crippen LogP contribution in [0.2, 0.25) is 0 Å². The van der Waals surface area contributed by atoms with Gasteiger partial charge < -0.3 is 10.1 Å². The van der Waals surface area contributed by atoms with Gasteiger partial charge in [0, 0.05) is 10.3 Å². The van der Waals surface area contributed by atoms with Gasteiger partial charge in [-0.2, -0.15) is 10.4 Å². The third-order valence-corrected chi connectivity index (χ3v) is 5.74. The van der Waals surface area contributed by atoms with E-state index in [4.69, 9.17) is 4.74 Å². The Labute approximate surface area is 159 Å². The van der Waals surface area contributed by atoms with Crippen LogP contribution in [0.5, 0.6) is 0 Å². The number of para-hydroxylation sites is 1. The minimum atomic E-state index is -0.673. The van der Waals surface area contributed by atoms with Crippen LogP contribution in [0.3, 0.4) is 0 Å². The van der Waals surface area contributed by atoms with Gasteiger partial charge in [0.1, 0.15) is 11.1 Å². The Morgan fingerprint density at radius 1 is 1.30 bits per heavy atom. The van der Waals surface area contributed by atoms with Gasteiger partial charge in [-0.1, -0.05) is 18.2 Å². The normalized spacial score (nSPS) is 13.0. The second-order valence-corrected chi connectivity index (χ2v) is 7.37. The van der Waals surface area contributed by atoms with Gasteiger partial charge in [0.2, 0.25) is 0 Å². The smallest absolute Gasteiger partial charge is 0.359 e. The van der Waals surface area contributed by atoms with E-state index in [2.05, 4.69) is 21.6 Å². The molecule has 4 rings (SSSR count). The van der Waals surface area contributed by atoms with Crippen LogP contribution < -0.4 is 5.32 Å². The fraction of sp³-hybridized carbons (Fsp3) is 0.263. The van der Waals surface area contributed by atoms with Crippen LogP contribution in [0.15, 0.2) is 24.3 Å². The zero-order valence-electron chi connectivity index (χ0n) is 14.4. The maximum absolute atomic E-state index is 12.2. The first-order valence-corrected chi connectivity index (χ1v) is 9.43. The molecule has 0 saturated carbocycles. The van der Waals surface area contributed by atoms with Crippen LogP contribution in [0, 0.1) is 11.3 Å². The number of aryl methyl sites for hydroxylation is 1. The number of anilines is 1. The maximum Gasteiger partial charge on any atom is 0.359 e. The highest BCUT2D eigenvalue weighted by Gasteiger charge is 2.22. The van der Waals surface area contributed by atoms with Crippen molar-refractivity contribution in [1.29, 1.82) is 5.26 Å². The van der Waals surface area contributed by atoms with Gasteiger partial charge >= 0.3 is 5.97 Å². The van der Waals surface area contributed by atoms with Crippen molar-refractivity contribution in [3.63, 3.8) is 0 Å². The average Bonchev–Trinajstić information content (AvgIpc) is 3.27. The second kappa shape index (κ2) is 7.21. The van der Waals surface area contributed by atoms with Gasteiger partial charge in [0.15, 0.2) is 12.3 Å². The van der Waals surface area contributed by atoms with Crippen LogP contribution in [0.1, 0.15) is 39.3 Å². The molecule has 8 heteroatoms. The molecule has 0 fully saturated rings.